The van der Waals surface area contributed by atoms with Crippen LogP contribution in [-0.4, -0.2) is 31.2 Å². The summed E-state index contributed by atoms with van der Waals surface area (Å²) in [6.07, 6.45) is -0.825. The molecule has 6 heteroatoms. The van der Waals surface area contributed by atoms with Crippen LogP contribution >= 0.6 is 0 Å². The van der Waals surface area contributed by atoms with Crippen LogP contribution in [0.15, 0.2) is 60.7 Å². The monoisotopic (exact) mass is 391 g/mol. The maximum atomic E-state index is 12.4. The molecule has 0 fully saturated rings. The number of anilines is 1. The summed E-state index contributed by atoms with van der Waals surface area (Å²) in [5.41, 5.74) is 1.42. The summed E-state index contributed by atoms with van der Waals surface area (Å²) in [7, 11) is 0. The van der Waals surface area contributed by atoms with Crippen LogP contribution in [0.3, 0.4) is 0 Å². The van der Waals surface area contributed by atoms with E-state index in [-0.39, 0.29) is 6.42 Å². The highest BCUT2D eigenvalue weighted by Gasteiger charge is 2.20. The van der Waals surface area contributed by atoms with Gasteiger partial charge in [0.05, 0.1) is 6.42 Å². The minimum absolute atomic E-state index is 0.100. The number of esters is 1. The lowest BCUT2D eigenvalue weighted by Gasteiger charge is -2.19. The Morgan fingerprint density at radius 1 is 1.00 bits per heavy atom. The minimum Gasteiger partial charge on any atom is -0.486 e. The Labute approximate surface area is 168 Å². The second kappa shape index (κ2) is 8.22. The molecule has 3 aromatic rings. The first-order valence-electron chi connectivity index (χ1n) is 9.47. The van der Waals surface area contributed by atoms with Gasteiger partial charge in [0.15, 0.2) is 17.6 Å². The van der Waals surface area contributed by atoms with Gasteiger partial charge < -0.3 is 19.5 Å². The molecule has 1 heterocycles. The zero-order valence-electron chi connectivity index (χ0n) is 16.0. The average molecular weight is 391 g/mol. The summed E-state index contributed by atoms with van der Waals surface area (Å²) in [5, 5.41) is 4.80. The van der Waals surface area contributed by atoms with Crippen LogP contribution in [-0.2, 0) is 20.7 Å². The molecule has 1 aliphatic heterocycles. The third-order valence-electron chi connectivity index (χ3n) is 4.70. The fraction of sp³-hybridized carbons (Fsp3) is 0.217. The highest BCUT2D eigenvalue weighted by molar-refractivity contribution is 5.96. The fourth-order valence-corrected chi connectivity index (χ4v) is 3.26. The van der Waals surface area contributed by atoms with Crippen molar-refractivity contribution in [2.45, 2.75) is 19.4 Å². The van der Waals surface area contributed by atoms with E-state index in [1.165, 1.54) is 0 Å². The van der Waals surface area contributed by atoms with Crippen molar-refractivity contribution in [1.29, 1.82) is 0 Å². The molecule has 0 saturated carbocycles. The van der Waals surface area contributed by atoms with Gasteiger partial charge in [0.25, 0.3) is 5.91 Å². The third-order valence-corrected chi connectivity index (χ3v) is 4.70. The number of rotatable bonds is 5. The first-order chi connectivity index (χ1) is 14.1. The molecule has 1 aliphatic rings. The number of nitrogens with one attached hydrogen (secondary N) is 1. The lowest BCUT2D eigenvalue weighted by Crippen LogP contribution is -2.30. The zero-order valence-corrected chi connectivity index (χ0v) is 16.0. The fourth-order valence-electron chi connectivity index (χ4n) is 3.26. The van der Waals surface area contributed by atoms with E-state index in [1.54, 1.807) is 25.1 Å². The van der Waals surface area contributed by atoms with E-state index in [2.05, 4.69) is 5.32 Å². The molecule has 148 valence electrons. The van der Waals surface area contributed by atoms with Crippen molar-refractivity contribution < 1.29 is 23.8 Å². The zero-order chi connectivity index (χ0) is 20.2. The molecule has 29 heavy (non-hydrogen) atoms. The number of fused-ring (bicyclic) bond motifs is 2. The van der Waals surface area contributed by atoms with Gasteiger partial charge in [0.1, 0.15) is 13.2 Å². The smallest absolute Gasteiger partial charge is 0.311 e. The van der Waals surface area contributed by atoms with Crippen molar-refractivity contribution in [2.75, 3.05) is 18.5 Å². The predicted octanol–water partition coefficient (Wildman–Crippen LogP) is 3.72. The normalized spacial score (nSPS) is 13.6. The molecule has 0 saturated heterocycles. The highest BCUT2D eigenvalue weighted by atomic mass is 16.6. The van der Waals surface area contributed by atoms with Gasteiger partial charge in [0.2, 0.25) is 0 Å². The first kappa shape index (κ1) is 18.8. The molecule has 1 amide bonds. The Balaban J connectivity index is 1.37. The Morgan fingerprint density at radius 3 is 2.62 bits per heavy atom. The molecule has 3 aromatic carbocycles. The van der Waals surface area contributed by atoms with Crippen molar-refractivity contribution in [1.82, 2.24) is 0 Å². The van der Waals surface area contributed by atoms with Gasteiger partial charge in [-0.2, -0.15) is 0 Å². The first-order valence-corrected chi connectivity index (χ1v) is 9.47. The predicted molar refractivity (Wildman–Crippen MR) is 109 cm³/mol. The van der Waals surface area contributed by atoms with E-state index in [0.717, 1.165) is 16.3 Å². The molecule has 1 N–H and O–H groups in total. The van der Waals surface area contributed by atoms with Crippen LogP contribution in [0.2, 0.25) is 0 Å². The minimum atomic E-state index is -0.925. The van der Waals surface area contributed by atoms with Crippen LogP contribution in [0.1, 0.15) is 12.5 Å². The SMILES string of the molecule is C[C@@H](OC(=O)Cc1cccc2ccccc12)C(=O)Nc1ccc2c(c1)OCCO2. The Kier molecular flexibility index (Phi) is 5.33. The van der Waals surface area contributed by atoms with Crippen molar-refractivity contribution in [3.63, 3.8) is 0 Å². The van der Waals surface area contributed by atoms with Gasteiger partial charge in [0, 0.05) is 11.8 Å². The molecule has 0 aliphatic carbocycles. The second-order valence-corrected chi connectivity index (χ2v) is 6.79. The lowest BCUT2D eigenvalue weighted by atomic mass is 10.0. The van der Waals surface area contributed by atoms with Gasteiger partial charge in [-0.25, -0.2) is 0 Å². The maximum Gasteiger partial charge on any atom is 0.311 e. The third kappa shape index (κ3) is 4.32. The average Bonchev–Trinajstić information content (AvgIpc) is 2.74. The molecular weight excluding hydrogens is 370 g/mol. The number of carbonyl (C=O) groups is 2. The molecule has 0 bridgehead atoms. The number of amides is 1. The van der Waals surface area contributed by atoms with Gasteiger partial charge >= 0.3 is 5.97 Å². The summed E-state index contributed by atoms with van der Waals surface area (Å²) in [4.78, 5) is 24.8. The summed E-state index contributed by atoms with van der Waals surface area (Å²) in [6, 6.07) is 18.8. The summed E-state index contributed by atoms with van der Waals surface area (Å²) in [5.74, 6) is 0.359. The van der Waals surface area contributed by atoms with Crippen LogP contribution < -0.4 is 14.8 Å². The molecule has 0 unspecified atom stereocenters. The van der Waals surface area contributed by atoms with E-state index in [4.69, 9.17) is 14.2 Å². The highest BCUT2D eigenvalue weighted by Crippen LogP contribution is 2.32. The van der Waals surface area contributed by atoms with E-state index >= 15 is 0 Å². The summed E-state index contributed by atoms with van der Waals surface area (Å²) in [6.45, 7) is 2.52. The summed E-state index contributed by atoms with van der Waals surface area (Å²) < 4.78 is 16.3. The number of hydrogen-bond acceptors (Lipinski definition) is 5. The van der Waals surface area contributed by atoms with Crippen LogP contribution in [0, 0.1) is 0 Å². The molecule has 0 aromatic heterocycles. The van der Waals surface area contributed by atoms with Crippen LogP contribution in [0.4, 0.5) is 5.69 Å². The number of carbonyl (C=O) groups excluding carboxylic acids is 2. The number of ether oxygens (including phenoxy) is 3. The van der Waals surface area contributed by atoms with Crippen molar-refractivity contribution in [3.05, 3.63) is 66.2 Å². The molecule has 6 nitrogen and oxygen atoms in total. The van der Waals surface area contributed by atoms with E-state index in [9.17, 15) is 9.59 Å². The molecule has 4 rings (SSSR count). The van der Waals surface area contributed by atoms with Crippen molar-refractivity contribution >= 4 is 28.3 Å². The van der Waals surface area contributed by atoms with Gasteiger partial charge in [-0.15, -0.1) is 0 Å². The maximum absolute atomic E-state index is 12.4. The van der Waals surface area contributed by atoms with E-state index < -0.39 is 18.0 Å². The molecular formula is C23H21NO5. The van der Waals surface area contributed by atoms with Crippen LogP contribution in [0.5, 0.6) is 11.5 Å². The summed E-state index contributed by atoms with van der Waals surface area (Å²) >= 11 is 0. The van der Waals surface area contributed by atoms with Gasteiger partial charge in [-0.1, -0.05) is 42.5 Å². The molecule has 1 atom stereocenters. The van der Waals surface area contributed by atoms with Crippen molar-refractivity contribution in [2.24, 2.45) is 0 Å². The topological polar surface area (TPSA) is 73.9 Å². The number of hydrogen-bond donors (Lipinski definition) is 1. The standard InChI is InChI=1S/C23H21NO5/c1-15(23(26)24-18-9-10-20-21(14-18)28-12-11-27-20)29-22(25)13-17-7-4-6-16-5-2-3-8-19(16)17/h2-10,14-15H,11-13H2,1H3,(H,24,26)/t15-/m1/s1. The Hall–Kier alpha value is -3.54. The Morgan fingerprint density at radius 2 is 1.76 bits per heavy atom. The molecule has 0 spiro atoms. The van der Waals surface area contributed by atoms with Crippen molar-refractivity contribution in [3.8, 4) is 11.5 Å². The van der Waals surface area contributed by atoms with Crippen LogP contribution in [0.25, 0.3) is 10.8 Å². The number of benzene rings is 3. The van der Waals surface area contributed by atoms with Gasteiger partial charge in [-0.3, -0.25) is 9.59 Å². The van der Waals surface area contributed by atoms with E-state index in [1.807, 2.05) is 42.5 Å². The molecule has 0 radical (unpaired) electrons. The second-order valence-electron chi connectivity index (χ2n) is 6.79. The lowest BCUT2D eigenvalue weighted by molar-refractivity contribution is -0.152. The Bertz CT molecular complexity index is 1060. The quantitative estimate of drug-likeness (QED) is 0.671. The van der Waals surface area contributed by atoms with E-state index in [0.29, 0.717) is 30.4 Å². The largest absolute Gasteiger partial charge is 0.486 e. The van der Waals surface area contributed by atoms with Gasteiger partial charge in [-0.05, 0) is 35.4 Å².